The van der Waals surface area contributed by atoms with Crippen LogP contribution in [0.25, 0.3) is 10.9 Å². The minimum atomic E-state index is -0.541. The van der Waals surface area contributed by atoms with Crippen LogP contribution in [0.2, 0.25) is 5.02 Å². The maximum absolute atomic E-state index is 13.6. The van der Waals surface area contributed by atoms with Crippen molar-refractivity contribution in [1.29, 1.82) is 0 Å². The summed E-state index contributed by atoms with van der Waals surface area (Å²) in [5.41, 5.74) is 0.707. The number of aliphatic hydroxyl groups excluding tert-OH is 1. The first-order valence-corrected chi connectivity index (χ1v) is 14.4. The topological polar surface area (TPSA) is 109 Å². The molecule has 0 spiro atoms. The van der Waals surface area contributed by atoms with Gasteiger partial charge in [0.05, 0.1) is 30.8 Å². The van der Waals surface area contributed by atoms with E-state index in [2.05, 4.69) is 20.2 Å². The van der Waals surface area contributed by atoms with Gasteiger partial charge in [-0.15, -0.1) is 0 Å². The summed E-state index contributed by atoms with van der Waals surface area (Å²) in [6, 6.07) is 8.19. The van der Waals surface area contributed by atoms with Crippen molar-refractivity contribution < 1.29 is 28.5 Å². The molecule has 1 saturated heterocycles. The number of methoxy groups -OCH3 is 1. The van der Waals surface area contributed by atoms with E-state index in [4.69, 9.17) is 25.8 Å². The Morgan fingerprint density at radius 2 is 1.95 bits per heavy atom. The van der Waals surface area contributed by atoms with Gasteiger partial charge in [-0.05, 0) is 71.0 Å². The summed E-state index contributed by atoms with van der Waals surface area (Å²) in [4.78, 5) is 25.5. The number of rotatable bonds is 12. The first kappa shape index (κ1) is 31.7. The molecule has 1 aromatic heterocycles. The highest BCUT2D eigenvalue weighted by molar-refractivity contribution is 6.31. The Hall–Kier alpha value is -3.25. The van der Waals surface area contributed by atoms with Crippen LogP contribution in [0.4, 0.5) is 15.9 Å². The van der Waals surface area contributed by atoms with Crippen molar-refractivity contribution in [1.82, 2.24) is 19.8 Å². The van der Waals surface area contributed by atoms with E-state index >= 15 is 0 Å². The van der Waals surface area contributed by atoms with Gasteiger partial charge in [0.2, 0.25) is 0 Å². The molecule has 10 nitrogen and oxygen atoms in total. The second kappa shape index (κ2) is 14.3. The summed E-state index contributed by atoms with van der Waals surface area (Å²) in [5, 5.41) is 13.4. The van der Waals surface area contributed by atoms with E-state index in [-0.39, 0.29) is 30.2 Å². The summed E-state index contributed by atoms with van der Waals surface area (Å²) in [5.74, 6) is 0.860. The van der Waals surface area contributed by atoms with Crippen LogP contribution in [0.15, 0.2) is 36.7 Å². The first-order valence-electron chi connectivity index (χ1n) is 14.0. The number of likely N-dealkylation sites (tertiary alicyclic amines) is 1. The lowest BCUT2D eigenvalue weighted by Crippen LogP contribution is -2.48. The molecule has 0 saturated carbocycles. The van der Waals surface area contributed by atoms with E-state index in [1.807, 2.05) is 31.7 Å². The SMILES string of the molecule is COc1cc2ncnc(Nc3ccc(F)c(Cl)c3)c2cc1OCCN1CCC(N(CCO)CC(=O)OC(C)(C)C)CC1. The Balaban J connectivity index is 1.35. The number of ether oxygens (including phenoxy) is 3. The lowest BCUT2D eigenvalue weighted by Gasteiger charge is -2.38. The highest BCUT2D eigenvalue weighted by Crippen LogP contribution is 2.35. The van der Waals surface area contributed by atoms with Crippen molar-refractivity contribution in [2.45, 2.75) is 45.3 Å². The molecule has 0 aliphatic carbocycles. The summed E-state index contributed by atoms with van der Waals surface area (Å²) < 4.78 is 30.8. The monoisotopic (exact) mass is 603 g/mol. The average Bonchev–Trinajstić information content (AvgIpc) is 2.94. The van der Waals surface area contributed by atoms with Crippen molar-refractivity contribution in [2.75, 3.05) is 58.4 Å². The second-order valence-electron chi connectivity index (χ2n) is 11.2. The Labute approximate surface area is 250 Å². The summed E-state index contributed by atoms with van der Waals surface area (Å²) in [6.07, 6.45) is 3.19. The predicted octanol–water partition coefficient (Wildman–Crippen LogP) is 4.65. The van der Waals surface area contributed by atoms with Crippen LogP contribution in [-0.2, 0) is 9.53 Å². The fraction of sp³-hybridized carbons (Fsp3) is 0.500. The van der Waals surface area contributed by atoms with Gasteiger partial charge in [-0.2, -0.15) is 0 Å². The fourth-order valence-corrected chi connectivity index (χ4v) is 5.18. The minimum absolute atomic E-state index is 0.00956. The number of anilines is 2. The number of esters is 1. The maximum Gasteiger partial charge on any atom is 0.320 e. The van der Waals surface area contributed by atoms with E-state index in [0.29, 0.717) is 53.6 Å². The zero-order valence-corrected chi connectivity index (χ0v) is 25.3. The Bertz CT molecular complexity index is 1360. The number of aliphatic hydroxyl groups is 1. The van der Waals surface area contributed by atoms with E-state index in [1.54, 1.807) is 19.2 Å². The van der Waals surface area contributed by atoms with E-state index in [1.165, 1.54) is 18.5 Å². The predicted molar refractivity (Wildman–Crippen MR) is 160 cm³/mol. The smallest absolute Gasteiger partial charge is 0.320 e. The standard InChI is InChI=1S/C30H39ClFN5O5/c1-30(2,3)42-28(39)18-37(11-13-38)21-7-9-36(10-8-21)12-14-41-27-16-22-25(17-26(27)40-4)33-19-34-29(22)35-20-5-6-24(32)23(31)15-20/h5-6,15-17,19,21,38H,7-14,18H2,1-4H3,(H,33,34,35). The summed E-state index contributed by atoms with van der Waals surface area (Å²) in [7, 11) is 1.58. The van der Waals surface area contributed by atoms with Crippen molar-refractivity contribution in [2.24, 2.45) is 0 Å². The van der Waals surface area contributed by atoms with Crippen LogP contribution in [0, 0.1) is 5.82 Å². The molecule has 0 atom stereocenters. The quantitative estimate of drug-likeness (QED) is 0.284. The van der Waals surface area contributed by atoms with Gasteiger partial charge in [0, 0.05) is 36.3 Å². The fourth-order valence-electron chi connectivity index (χ4n) is 5.00. The number of aromatic nitrogens is 2. The number of carbonyl (C=O) groups excluding carboxylic acids is 1. The molecule has 1 fully saturated rings. The number of nitrogens with one attached hydrogen (secondary N) is 1. The Morgan fingerprint density at radius 1 is 1.19 bits per heavy atom. The van der Waals surface area contributed by atoms with E-state index in [9.17, 15) is 14.3 Å². The molecular weight excluding hydrogens is 565 g/mol. The van der Waals surface area contributed by atoms with E-state index < -0.39 is 11.4 Å². The molecule has 4 rings (SSSR count). The minimum Gasteiger partial charge on any atom is -0.493 e. The van der Waals surface area contributed by atoms with Crippen LogP contribution < -0.4 is 14.8 Å². The molecule has 0 amide bonds. The molecule has 12 heteroatoms. The third-order valence-electron chi connectivity index (χ3n) is 6.98. The number of halogens is 2. The highest BCUT2D eigenvalue weighted by Gasteiger charge is 2.27. The average molecular weight is 604 g/mol. The zero-order valence-electron chi connectivity index (χ0n) is 24.5. The Morgan fingerprint density at radius 3 is 2.62 bits per heavy atom. The molecule has 0 bridgehead atoms. The third-order valence-corrected chi connectivity index (χ3v) is 7.27. The molecule has 2 N–H and O–H groups in total. The van der Waals surface area contributed by atoms with Gasteiger partial charge in [0.25, 0.3) is 0 Å². The van der Waals surface area contributed by atoms with Crippen molar-refractivity contribution in [3.8, 4) is 11.5 Å². The summed E-state index contributed by atoms with van der Waals surface area (Å²) in [6.45, 7) is 8.99. The molecule has 2 heterocycles. The number of benzene rings is 2. The van der Waals surface area contributed by atoms with Crippen molar-refractivity contribution in [3.63, 3.8) is 0 Å². The molecule has 228 valence electrons. The lowest BCUT2D eigenvalue weighted by atomic mass is 10.0. The molecule has 1 aliphatic rings. The largest absolute Gasteiger partial charge is 0.493 e. The third kappa shape index (κ3) is 8.64. The van der Waals surface area contributed by atoms with Crippen LogP contribution >= 0.6 is 11.6 Å². The zero-order chi connectivity index (χ0) is 30.3. The van der Waals surface area contributed by atoms with Crippen LogP contribution in [0.1, 0.15) is 33.6 Å². The first-order chi connectivity index (χ1) is 20.1. The van der Waals surface area contributed by atoms with Gasteiger partial charge in [-0.1, -0.05) is 11.6 Å². The molecule has 2 aromatic carbocycles. The molecule has 42 heavy (non-hydrogen) atoms. The van der Waals surface area contributed by atoms with Crippen LogP contribution in [-0.4, -0.2) is 95.5 Å². The van der Waals surface area contributed by atoms with Gasteiger partial charge in [-0.25, -0.2) is 14.4 Å². The lowest BCUT2D eigenvalue weighted by molar-refractivity contribution is -0.157. The number of carbonyl (C=O) groups is 1. The van der Waals surface area contributed by atoms with Gasteiger partial charge < -0.3 is 24.6 Å². The number of nitrogens with zero attached hydrogens (tertiary/aromatic N) is 4. The number of hydrogen-bond donors (Lipinski definition) is 2. The highest BCUT2D eigenvalue weighted by atomic mass is 35.5. The summed E-state index contributed by atoms with van der Waals surface area (Å²) >= 11 is 5.94. The second-order valence-corrected chi connectivity index (χ2v) is 11.6. The number of fused-ring (bicyclic) bond motifs is 1. The Kier molecular flexibility index (Phi) is 10.8. The van der Waals surface area contributed by atoms with Gasteiger partial charge >= 0.3 is 5.97 Å². The molecule has 3 aromatic rings. The van der Waals surface area contributed by atoms with Gasteiger partial charge in [-0.3, -0.25) is 14.6 Å². The van der Waals surface area contributed by atoms with Gasteiger partial charge in [0.1, 0.15) is 30.2 Å². The normalized spacial score (nSPS) is 14.8. The maximum atomic E-state index is 13.6. The van der Waals surface area contributed by atoms with Crippen LogP contribution in [0.5, 0.6) is 11.5 Å². The van der Waals surface area contributed by atoms with Crippen molar-refractivity contribution >= 4 is 40.0 Å². The molecule has 0 radical (unpaired) electrons. The molecule has 1 aliphatic heterocycles. The van der Waals surface area contributed by atoms with Crippen molar-refractivity contribution in [3.05, 3.63) is 47.5 Å². The molecule has 0 unspecified atom stereocenters. The number of hydrogen-bond acceptors (Lipinski definition) is 10. The number of piperidine rings is 1. The molecular formula is C30H39ClFN5O5. The van der Waals surface area contributed by atoms with Gasteiger partial charge in [0.15, 0.2) is 11.5 Å². The van der Waals surface area contributed by atoms with E-state index in [0.717, 1.165) is 25.9 Å². The van der Waals surface area contributed by atoms with Crippen LogP contribution in [0.3, 0.4) is 0 Å².